The number of fused-ring (bicyclic) bond motifs is 1. The molecule has 0 aliphatic heterocycles. The third kappa shape index (κ3) is 4.28. The van der Waals surface area contributed by atoms with Crippen molar-refractivity contribution in [2.24, 2.45) is 0 Å². The molecule has 2 aromatic heterocycles. The number of thioether (sulfide) groups is 1. The lowest BCUT2D eigenvalue weighted by Gasteiger charge is -2.12. The standard InChI is InChI=1S/C18H18ClN3O2S2/c1-2-3-8-20-15(23)11-26-18-21-14-7-9-25-16(14)17(24)22(18)13-6-4-5-12(19)10-13/h4-7,9-10H,2-3,8,11H2,1H3,(H,20,23). The number of aromatic nitrogens is 2. The Balaban J connectivity index is 1.94. The minimum atomic E-state index is -0.152. The van der Waals surface area contributed by atoms with Crippen LogP contribution in [-0.2, 0) is 4.79 Å². The molecule has 0 aliphatic rings. The summed E-state index contributed by atoms with van der Waals surface area (Å²) < 4.78 is 2.11. The zero-order chi connectivity index (χ0) is 18.5. The molecule has 2 heterocycles. The number of benzene rings is 1. The van der Waals surface area contributed by atoms with Crippen LogP contribution in [0, 0.1) is 0 Å². The van der Waals surface area contributed by atoms with E-state index < -0.39 is 0 Å². The first kappa shape index (κ1) is 18.9. The second kappa shape index (κ2) is 8.70. The fourth-order valence-electron chi connectivity index (χ4n) is 2.42. The van der Waals surface area contributed by atoms with Crippen LogP contribution in [0.5, 0.6) is 0 Å². The quantitative estimate of drug-likeness (QED) is 0.363. The Kier molecular flexibility index (Phi) is 6.34. The van der Waals surface area contributed by atoms with Gasteiger partial charge in [-0.2, -0.15) is 0 Å². The van der Waals surface area contributed by atoms with Crippen molar-refractivity contribution in [2.75, 3.05) is 12.3 Å². The smallest absolute Gasteiger partial charge is 0.276 e. The van der Waals surface area contributed by atoms with Gasteiger partial charge in [0.1, 0.15) is 4.70 Å². The number of halogens is 1. The maximum absolute atomic E-state index is 13.0. The number of hydrogen-bond donors (Lipinski definition) is 1. The van der Waals surface area contributed by atoms with Crippen molar-refractivity contribution >= 4 is 50.8 Å². The summed E-state index contributed by atoms with van der Waals surface area (Å²) in [4.78, 5) is 29.6. The highest BCUT2D eigenvalue weighted by Crippen LogP contribution is 2.24. The molecule has 3 aromatic rings. The largest absolute Gasteiger partial charge is 0.355 e. The van der Waals surface area contributed by atoms with Crippen LogP contribution in [0.3, 0.4) is 0 Å². The molecule has 0 radical (unpaired) electrons. The van der Waals surface area contributed by atoms with Gasteiger partial charge >= 0.3 is 0 Å². The monoisotopic (exact) mass is 407 g/mol. The predicted molar refractivity (Wildman–Crippen MR) is 109 cm³/mol. The molecule has 8 heteroatoms. The van der Waals surface area contributed by atoms with Crippen LogP contribution in [0.15, 0.2) is 45.7 Å². The van der Waals surface area contributed by atoms with E-state index >= 15 is 0 Å². The van der Waals surface area contributed by atoms with Gasteiger partial charge in [0.05, 0.1) is 17.0 Å². The molecule has 0 atom stereocenters. The Hall–Kier alpha value is -1.83. The SMILES string of the molecule is CCCCNC(=O)CSc1nc2ccsc2c(=O)n1-c1cccc(Cl)c1. The van der Waals surface area contributed by atoms with E-state index in [4.69, 9.17) is 11.6 Å². The van der Waals surface area contributed by atoms with Crippen molar-refractivity contribution in [3.8, 4) is 5.69 Å². The van der Waals surface area contributed by atoms with Gasteiger partial charge < -0.3 is 5.32 Å². The van der Waals surface area contributed by atoms with Gasteiger partial charge in [-0.05, 0) is 36.1 Å². The van der Waals surface area contributed by atoms with Crippen molar-refractivity contribution < 1.29 is 4.79 Å². The van der Waals surface area contributed by atoms with Crippen molar-refractivity contribution in [2.45, 2.75) is 24.9 Å². The molecule has 5 nitrogen and oxygen atoms in total. The zero-order valence-corrected chi connectivity index (χ0v) is 16.6. The highest BCUT2D eigenvalue weighted by atomic mass is 35.5. The molecule has 0 saturated heterocycles. The topological polar surface area (TPSA) is 64.0 Å². The second-order valence-electron chi connectivity index (χ2n) is 5.64. The number of amides is 1. The normalized spacial score (nSPS) is 11.0. The molecule has 26 heavy (non-hydrogen) atoms. The molecule has 0 bridgehead atoms. The first-order chi connectivity index (χ1) is 12.6. The number of rotatable bonds is 7. The average Bonchev–Trinajstić information content (AvgIpc) is 3.09. The molecule has 1 aromatic carbocycles. The lowest BCUT2D eigenvalue weighted by molar-refractivity contribution is -0.118. The molecule has 1 amide bonds. The number of hydrogen-bond acceptors (Lipinski definition) is 5. The Morgan fingerprint density at radius 3 is 3.00 bits per heavy atom. The van der Waals surface area contributed by atoms with Crippen LogP contribution in [0.25, 0.3) is 15.9 Å². The first-order valence-corrected chi connectivity index (χ1v) is 10.5. The molecule has 1 N–H and O–H groups in total. The third-order valence-corrected chi connectivity index (χ3v) is 5.77. The van der Waals surface area contributed by atoms with Crippen LogP contribution >= 0.6 is 34.7 Å². The van der Waals surface area contributed by atoms with E-state index in [0.717, 1.165) is 12.8 Å². The van der Waals surface area contributed by atoms with Gasteiger partial charge in [0.2, 0.25) is 5.91 Å². The summed E-state index contributed by atoms with van der Waals surface area (Å²) >= 11 is 8.69. The number of nitrogens with zero attached hydrogens (tertiary/aromatic N) is 2. The van der Waals surface area contributed by atoms with E-state index in [1.807, 2.05) is 11.4 Å². The summed E-state index contributed by atoms with van der Waals surface area (Å²) in [5.74, 6) is 0.132. The minimum Gasteiger partial charge on any atom is -0.355 e. The number of unbranched alkanes of at least 4 members (excludes halogenated alkanes) is 1. The third-order valence-electron chi connectivity index (χ3n) is 3.70. The minimum absolute atomic E-state index is 0.0687. The number of thiophene rings is 1. The summed E-state index contributed by atoms with van der Waals surface area (Å²) in [6.45, 7) is 2.73. The number of carbonyl (C=O) groups excluding carboxylic acids is 1. The number of nitrogens with one attached hydrogen (secondary N) is 1. The fraction of sp³-hybridized carbons (Fsp3) is 0.278. The van der Waals surface area contributed by atoms with Gasteiger partial charge in [-0.1, -0.05) is 42.8 Å². The maximum Gasteiger partial charge on any atom is 0.276 e. The van der Waals surface area contributed by atoms with Crippen molar-refractivity contribution in [3.05, 3.63) is 51.1 Å². The Morgan fingerprint density at radius 2 is 2.23 bits per heavy atom. The molecule has 0 unspecified atom stereocenters. The lowest BCUT2D eigenvalue weighted by atomic mass is 10.3. The van der Waals surface area contributed by atoms with Gasteiger partial charge in [0, 0.05) is 11.6 Å². The molecule has 3 rings (SSSR count). The summed E-state index contributed by atoms with van der Waals surface area (Å²) in [6, 6.07) is 8.88. The summed E-state index contributed by atoms with van der Waals surface area (Å²) in [6.07, 6.45) is 1.97. The molecular formula is C18H18ClN3O2S2. The highest BCUT2D eigenvalue weighted by Gasteiger charge is 2.15. The van der Waals surface area contributed by atoms with E-state index in [0.29, 0.717) is 32.6 Å². The summed E-state index contributed by atoms with van der Waals surface area (Å²) in [7, 11) is 0. The van der Waals surface area contributed by atoms with Crippen molar-refractivity contribution in [1.82, 2.24) is 14.9 Å². The maximum atomic E-state index is 13.0. The highest BCUT2D eigenvalue weighted by molar-refractivity contribution is 7.99. The number of carbonyl (C=O) groups is 1. The predicted octanol–water partition coefficient (Wildman–Crippen LogP) is 4.11. The zero-order valence-electron chi connectivity index (χ0n) is 14.2. The van der Waals surface area contributed by atoms with Crippen molar-refractivity contribution in [3.63, 3.8) is 0 Å². The molecule has 0 fully saturated rings. The van der Waals surface area contributed by atoms with E-state index in [1.165, 1.54) is 27.7 Å². The van der Waals surface area contributed by atoms with Gasteiger partial charge in [0.15, 0.2) is 5.16 Å². The van der Waals surface area contributed by atoms with Crippen molar-refractivity contribution in [1.29, 1.82) is 0 Å². The van der Waals surface area contributed by atoms with E-state index in [1.54, 1.807) is 24.3 Å². The Morgan fingerprint density at radius 1 is 1.38 bits per heavy atom. The van der Waals surface area contributed by atoms with E-state index in [9.17, 15) is 9.59 Å². The summed E-state index contributed by atoms with van der Waals surface area (Å²) in [5, 5.41) is 5.73. The van der Waals surface area contributed by atoms with Gasteiger partial charge in [-0.3, -0.25) is 14.2 Å². The van der Waals surface area contributed by atoms with E-state index in [2.05, 4.69) is 17.2 Å². The molecule has 0 aliphatic carbocycles. The first-order valence-electron chi connectivity index (χ1n) is 8.26. The summed E-state index contributed by atoms with van der Waals surface area (Å²) in [5.41, 5.74) is 1.13. The van der Waals surface area contributed by atoms with Crippen LogP contribution in [0.2, 0.25) is 5.02 Å². The van der Waals surface area contributed by atoms with Gasteiger partial charge in [-0.15, -0.1) is 11.3 Å². The molecule has 0 saturated carbocycles. The van der Waals surface area contributed by atoms with Gasteiger partial charge in [0.25, 0.3) is 5.56 Å². The fourth-order valence-corrected chi connectivity index (χ4v) is 4.20. The lowest BCUT2D eigenvalue weighted by Crippen LogP contribution is -2.27. The van der Waals surface area contributed by atoms with Crippen LogP contribution in [-0.4, -0.2) is 27.8 Å². The molecule has 0 spiro atoms. The van der Waals surface area contributed by atoms with Crippen LogP contribution in [0.1, 0.15) is 19.8 Å². The molecule has 136 valence electrons. The van der Waals surface area contributed by atoms with Crippen LogP contribution < -0.4 is 10.9 Å². The average molecular weight is 408 g/mol. The second-order valence-corrected chi connectivity index (χ2v) is 7.94. The molecular weight excluding hydrogens is 390 g/mol. The van der Waals surface area contributed by atoms with Gasteiger partial charge in [-0.25, -0.2) is 4.98 Å². The van der Waals surface area contributed by atoms with Crippen LogP contribution in [0.4, 0.5) is 0 Å². The Labute approximate surface area is 164 Å². The Bertz CT molecular complexity index is 984. The van der Waals surface area contributed by atoms with E-state index in [-0.39, 0.29) is 17.2 Å².